The average Bonchev–Trinajstić information content (AvgIpc) is 2.77. The minimum absolute atomic E-state index is 0.273. The standard InChI is InChI=1S/C25H21N3O2/c1-18-10-12-19(13-11-18)17-27-25(30)22-8-4-5-9-23(22)28-24(29)15-14-20-6-2-3-7-21(20)16-26/h2-15H,17H2,1H3,(H,27,30)(H,28,29)/b15-14+. The number of hydrogen-bond acceptors (Lipinski definition) is 3. The van der Waals surface area contributed by atoms with E-state index >= 15 is 0 Å². The molecule has 30 heavy (non-hydrogen) atoms. The maximum Gasteiger partial charge on any atom is 0.253 e. The Labute approximate surface area is 175 Å². The molecule has 0 aromatic heterocycles. The van der Waals surface area contributed by atoms with Crippen LogP contribution in [0.5, 0.6) is 0 Å². The van der Waals surface area contributed by atoms with Gasteiger partial charge in [0.2, 0.25) is 5.91 Å². The van der Waals surface area contributed by atoms with Gasteiger partial charge < -0.3 is 10.6 Å². The van der Waals surface area contributed by atoms with Gasteiger partial charge in [-0.15, -0.1) is 0 Å². The Hall–Kier alpha value is -4.17. The molecule has 0 radical (unpaired) electrons. The molecule has 2 amide bonds. The van der Waals surface area contributed by atoms with Crippen molar-refractivity contribution >= 4 is 23.6 Å². The largest absolute Gasteiger partial charge is 0.348 e. The predicted octanol–water partition coefficient (Wildman–Crippen LogP) is 4.45. The van der Waals surface area contributed by atoms with Crippen molar-refractivity contribution in [1.29, 1.82) is 5.26 Å². The molecule has 5 heteroatoms. The summed E-state index contributed by atoms with van der Waals surface area (Å²) in [5.41, 5.74) is 4.08. The zero-order valence-corrected chi connectivity index (χ0v) is 16.6. The molecule has 0 aliphatic rings. The molecule has 0 unspecified atom stereocenters. The van der Waals surface area contributed by atoms with Crippen LogP contribution in [0.3, 0.4) is 0 Å². The van der Waals surface area contributed by atoms with E-state index in [0.717, 1.165) is 11.1 Å². The molecule has 2 N–H and O–H groups in total. The molecule has 5 nitrogen and oxygen atoms in total. The predicted molar refractivity (Wildman–Crippen MR) is 118 cm³/mol. The van der Waals surface area contributed by atoms with Crippen LogP contribution in [-0.4, -0.2) is 11.8 Å². The number of nitrogens with one attached hydrogen (secondary N) is 2. The Morgan fingerprint density at radius 3 is 2.43 bits per heavy atom. The lowest BCUT2D eigenvalue weighted by Crippen LogP contribution is -2.24. The van der Waals surface area contributed by atoms with Gasteiger partial charge in [0.1, 0.15) is 0 Å². The summed E-state index contributed by atoms with van der Waals surface area (Å²) in [7, 11) is 0. The molecular formula is C25H21N3O2. The van der Waals surface area contributed by atoms with Crippen LogP contribution in [0.1, 0.15) is 32.6 Å². The maximum absolute atomic E-state index is 12.6. The summed E-state index contributed by atoms with van der Waals surface area (Å²) < 4.78 is 0. The van der Waals surface area contributed by atoms with Crippen LogP contribution >= 0.6 is 0 Å². The van der Waals surface area contributed by atoms with E-state index < -0.39 is 0 Å². The van der Waals surface area contributed by atoms with Gasteiger partial charge in [-0.05, 0) is 42.3 Å². The monoisotopic (exact) mass is 395 g/mol. The number of carbonyl (C=O) groups is 2. The van der Waals surface area contributed by atoms with Crippen molar-refractivity contribution in [3.8, 4) is 6.07 Å². The Balaban J connectivity index is 1.67. The molecule has 0 saturated heterocycles. The smallest absolute Gasteiger partial charge is 0.253 e. The summed E-state index contributed by atoms with van der Waals surface area (Å²) in [6.07, 6.45) is 2.92. The van der Waals surface area contributed by atoms with Crippen LogP contribution in [0, 0.1) is 18.3 Å². The molecule has 0 fully saturated rings. The first kappa shape index (κ1) is 20.6. The third-order valence-corrected chi connectivity index (χ3v) is 4.50. The Bertz CT molecular complexity index is 1130. The second-order valence-corrected chi connectivity index (χ2v) is 6.74. The van der Waals surface area contributed by atoms with Gasteiger partial charge in [-0.1, -0.05) is 60.2 Å². The molecule has 148 valence electrons. The summed E-state index contributed by atoms with van der Waals surface area (Å²) in [6.45, 7) is 2.40. The fourth-order valence-corrected chi connectivity index (χ4v) is 2.86. The number of anilines is 1. The molecule has 3 aromatic rings. The van der Waals surface area contributed by atoms with Crippen molar-refractivity contribution in [2.75, 3.05) is 5.32 Å². The van der Waals surface area contributed by atoms with Gasteiger partial charge in [0.25, 0.3) is 5.91 Å². The van der Waals surface area contributed by atoms with Gasteiger partial charge >= 0.3 is 0 Å². The van der Waals surface area contributed by atoms with Crippen molar-refractivity contribution in [3.05, 3.63) is 107 Å². The first-order chi connectivity index (χ1) is 14.6. The number of rotatable bonds is 6. The highest BCUT2D eigenvalue weighted by atomic mass is 16.2. The van der Waals surface area contributed by atoms with E-state index in [9.17, 15) is 9.59 Å². The summed E-state index contributed by atoms with van der Waals surface area (Å²) in [5, 5.41) is 14.7. The molecule has 0 aliphatic carbocycles. The van der Waals surface area contributed by atoms with E-state index in [0.29, 0.717) is 28.9 Å². The van der Waals surface area contributed by atoms with Gasteiger partial charge in [-0.3, -0.25) is 9.59 Å². The molecule has 0 heterocycles. The van der Waals surface area contributed by atoms with Gasteiger partial charge in [0, 0.05) is 12.6 Å². The number of nitriles is 1. The van der Waals surface area contributed by atoms with Crippen molar-refractivity contribution in [1.82, 2.24) is 5.32 Å². The number of hydrogen-bond donors (Lipinski definition) is 2. The number of nitrogens with zero attached hydrogens (tertiary/aromatic N) is 1. The van der Waals surface area contributed by atoms with Gasteiger partial charge in [-0.2, -0.15) is 5.26 Å². The molecule has 3 rings (SSSR count). The van der Waals surface area contributed by atoms with E-state index in [1.165, 1.54) is 6.08 Å². The second-order valence-electron chi connectivity index (χ2n) is 6.74. The van der Waals surface area contributed by atoms with Crippen LogP contribution in [-0.2, 0) is 11.3 Å². The van der Waals surface area contributed by atoms with Crippen molar-refractivity contribution < 1.29 is 9.59 Å². The first-order valence-corrected chi connectivity index (χ1v) is 9.48. The number of aryl methyl sites for hydroxylation is 1. The van der Waals surface area contributed by atoms with Crippen LogP contribution in [0.2, 0.25) is 0 Å². The van der Waals surface area contributed by atoms with Gasteiger partial charge in [0.05, 0.1) is 22.9 Å². The fraction of sp³-hybridized carbons (Fsp3) is 0.0800. The van der Waals surface area contributed by atoms with Gasteiger partial charge in [0.15, 0.2) is 0 Å². The first-order valence-electron chi connectivity index (χ1n) is 9.48. The maximum atomic E-state index is 12.6. The van der Waals surface area contributed by atoms with Crippen molar-refractivity contribution in [3.63, 3.8) is 0 Å². The van der Waals surface area contributed by atoms with E-state index in [-0.39, 0.29) is 11.8 Å². The zero-order valence-electron chi connectivity index (χ0n) is 16.6. The zero-order chi connectivity index (χ0) is 21.3. The molecule has 0 bridgehead atoms. The van der Waals surface area contributed by atoms with Crippen molar-refractivity contribution in [2.45, 2.75) is 13.5 Å². The third-order valence-electron chi connectivity index (χ3n) is 4.50. The fourth-order valence-electron chi connectivity index (χ4n) is 2.86. The number of para-hydroxylation sites is 1. The molecule has 0 atom stereocenters. The van der Waals surface area contributed by atoms with E-state index in [1.807, 2.05) is 31.2 Å². The van der Waals surface area contributed by atoms with Crippen molar-refractivity contribution in [2.24, 2.45) is 0 Å². The molecule has 0 aliphatic heterocycles. The minimum atomic E-state index is -0.387. The SMILES string of the molecule is Cc1ccc(CNC(=O)c2ccccc2NC(=O)/C=C/c2ccccc2C#N)cc1. The number of carbonyl (C=O) groups excluding carboxylic acids is 2. The Morgan fingerprint density at radius 2 is 1.67 bits per heavy atom. The second kappa shape index (κ2) is 9.85. The summed E-state index contributed by atoms with van der Waals surface area (Å²) >= 11 is 0. The van der Waals surface area contributed by atoms with Gasteiger partial charge in [-0.25, -0.2) is 0 Å². The molecule has 3 aromatic carbocycles. The molecule has 0 saturated carbocycles. The van der Waals surface area contributed by atoms with Crippen LogP contribution in [0.4, 0.5) is 5.69 Å². The third kappa shape index (κ3) is 5.43. The summed E-state index contributed by atoms with van der Waals surface area (Å²) in [5.74, 6) is -0.660. The summed E-state index contributed by atoms with van der Waals surface area (Å²) in [4.78, 5) is 25.0. The highest BCUT2D eigenvalue weighted by Crippen LogP contribution is 2.16. The Kier molecular flexibility index (Phi) is 6.75. The van der Waals surface area contributed by atoms with Crippen LogP contribution in [0.25, 0.3) is 6.08 Å². The number of benzene rings is 3. The van der Waals surface area contributed by atoms with E-state index in [2.05, 4.69) is 16.7 Å². The highest BCUT2D eigenvalue weighted by Gasteiger charge is 2.12. The van der Waals surface area contributed by atoms with Crippen LogP contribution in [0.15, 0.2) is 78.9 Å². The average molecular weight is 395 g/mol. The van der Waals surface area contributed by atoms with E-state index in [1.54, 1.807) is 54.6 Å². The lowest BCUT2D eigenvalue weighted by atomic mass is 10.1. The summed E-state index contributed by atoms with van der Waals surface area (Å²) in [6, 6.07) is 23.8. The van der Waals surface area contributed by atoms with Crippen LogP contribution < -0.4 is 10.6 Å². The van der Waals surface area contributed by atoms with E-state index in [4.69, 9.17) is 5.26 Å². The normalized spacial score (nSPS) is 10.4. The molecular weight excluding hydrogens is 374 g/mol. The minimum Gasteiger partial charge on any atom is -0.348 e. The quantitative estimate of drug-likeness (QED) is 0.605. The Morgan fingerprint density at radius 1 is 0.967 bits per heavy atom. The topological polar surface area (TPSA) is 82.0 Å². The number of amides is 2. The lowest BCUT2D eigenvalue weighted by molar-refractivity contribution is -0.111. The highest BCUT2D eigenvalue weighted by molar-refractivity contribution is 6.07. The lowest BCUT2D eigenvalue weighted by Gasteiger charge is -2.11. The molecule has 0 spiro atoms.